The molecule has 3 aliphatic rings. The molecule has 3 aliphatic heterocycles. The van der Waals surface area contributed by atoms with E-state index >= 15 is 0 Å². The van der Waals surface area contributed by atoms with Crippen LogP contribution in [0.25, 0.3) is 11.5 Å². The van der Waals surface area contributed by atoms with Crippen molar-refractivity contribution in [3.05, 3.63) is 76.4 Å². The van der Waals surface area contributed by atoms with Gasteiger partial charge in [0.1, 0.15) is 17.6 Å². The number of rotatable bonds is 5. The quantitative estimate of drug-likeness (QED) is 0.517. The second kappa shape index (κ2) is 9.79. The van der Waals surface area contributed by atoms with Gasteiger partial charge in [0.15, 0.2) is 0 Å². The van der Waals surface area contributed by atoms with Gasteiger partial charge in [0.25, 0.3) is 5.91 Å². The molecule has 38 heavy (non-hydrogen) atoms. The summed E-state index contributed by atoms with van der Waals surface area (Å²) in [5.74, 6) is 0.574. The van der Waals surface area contributed by atoms with Gasteiger partial charge in [-0.3, -0.25) is 24.6 Å². The number of fused-ring (bicyclic) bond motifs is 1. The van der Waals surface area contributed by atoms with Gasteiger partial charge in [-0.15, -0.1) is 0 Å². The number of aryl methyl sites for hydroxylation is 1. The third-order valence-electron chi connectivity index (χ3n) is 7.96. The summed E-state index contributed by atoms with van der Waals surface area (Å²) >= 11 is 0. The Balaban J connectivity index is 1.08. The Morgan fingerprint density at radius 1 is 1.05 bits per heavy atom. The smallest absolute Gasteiger partial charge is 0.255 e. The molecule has 2 saturated heterocycles. The van der Waals surface area contributed by atoms with Crippen LogP contribution in [0.3, 0.4) is 0 Å². The Bertz CT molecular complexity index is 1410. The number of carbonyl (C=O) groups excluding carboxylic acids is 3. The Morgan fingerprint density at radius 3 is 2.55 bits per heavy atom. The molecule has 3 aromatic rings. The summed E-state index contributed by atoms with van der Waals surface area (Å²) in [6.07, 6.45) is 2.60. The average molecular weight is 517 g/mol. The minimum Gasteiger partial charge on any atom is -0.441 e. The van der Waals surface area contributed by atoms with E-state index in [1.165, 1.54) is 17.7 Å². The maximum atomic E-state index is 13.3. The van der Waals surface area contributed by atoms with Gasteiger partial charge in [-0.05, 0) is 86.7 Å². The van der Waals surface area contributed by atoms with E-state index in [1.54, 1.807) is 17.0 Å². The first-order valence-corrected chi connectivity index (χ1v) is 13.1. The molecule has 8 nitrogen and oxygen atoms in total. The number of piperidine rings is 2. The summed E-state index contributed by atoms with van der Waals surface area (Å²) in [7, 11) is 0. The lowest BCUT2D eigenvalue weighted by atomic mass is 9.88. The molecule has 1 aromatic heterocycles. The van der Waals surface area contributed by atoms with Crippen molar-refractivity contribution in [3.63, 3.8) is 0 Å². The number of oxazole rings is 1. The molecule has 196 valence electrons. The number of hydrogen-bond acceptors (Lipinski definition) is 6. The molecule has 6 rings (SSSR count). The molecule has 1 atom stereocenters. The summed E-state index contributed by atoms with van der Waals surface area (Å²) in [5, 5.41) is 2.35. The van der Waals surface area contributed by atoms with E-state index in [-0.39, 0.29) is 30.0 Å². The molecule has 2 fully saturated rings. The van der Waals surface area contributed by atoms with Crippen molar-refractivity contribution in [2.75, 3.05) is 13.1 Å². The zero-order valence-corrected chi connectivity index (χ0v) is 21.2. The van der Waals surface area contributed by atoms with Crippen LogP contribution in [0, 0.1) is 12.7 Å². The highest BCUT2D eigenvalue weighted by atomic mass is 19.1. The highest BCUT2D eigenvalue weighted by molar-refractivity contribution is 6.05. The molecule has 4 heterocycles. The lowest BCUT2D eigenvalue weighted by molar-refractivity contribution is -0.136. The monoisotopic (exact) mass is 516 g/mol. The number of carbonyl (C=O) groups is 3. The van der Waals surface area contributed by atoms with Crippen molar-refractivity contribution >= 4 is 17.7 Å². The number of halogens is 1. The van der Waals surface area contributed by atoms with Gasteiger partial charge < -0.3 is 9.32 Å². The minimum atomic E-state index is -0.595. The molecule has 9 heteroatoms. The lowest BCUT2D eigenvalue weighted by Gasteiger charge is -2.32. The van der Waals surface area contributed by atoms with E-state index in [4.69, 9.17) is 4.42 Å². The zero-order chi connectivity index (χ0) is 26.4. The molecule has 2 aromatic carbocycles. The topological polar surface area (TPSA) is 95.8 Å². The second-order valence-electron chi connectivity index (χ2n) is 10.4. The molecule has 1 unspecified atom stereocenters. The fraction of sp³-hybridized carbons (Fsp3) is 0.379. The van der Waals surface area contributed by atoms with Crippen molar-refractivity contribution in [2.24, 2.45) is 0 Å². The van der Waals surface area contributed by atoms with Crippen LogP contribution in [-0.2, 0) is 22.7 Å². The number of hydrogen-bond donors (Lipinski definition) is 1. The van der Waals surface area contributed by atoms with Crippen LogP contribution in [0.4, 0.5) is 4.39 Å². The summed E-state index contributed by atoms with van der Waals surface area (Å²) < 4.78 is 19.1. The van der Waals surface area contributed by atoms with E-state index in [2.05, 4.69) is 21.3 Å². The summed E-state index contributed by atoms with van der Waals surface area (Å²) in [5.41, 5.74) is 4.47. The Labute approximate surface area is 219 Å². The number of amides is 3. The van der Waals surface area contributed by atoms with Crippen molar-refractivity contribution < 1.29 is 23.2 Å². The first-order chi connectivity index (χ1) is 18.4. The van der Waals surface area contributed by atoms with Gasteiger partial charge >= 0.3 is 0 Å². The van der Waals surface area contributed by atoms with E-state index < -0.39 is 6.04 Å². The Hall–Kier alpha value is -3.85. The van der Waals surface area contributed by atoms with Gasteiger partial charge in [-0.1, -0.05) is 12.1 Å². The first-order valence-electron chi connectivity index (χ1n) is 13.1. The molecule has 1 N–H and O–H groups in total. The van der Waals surface area contributed by atoms with Crippen LogP contribution in [0.1, 0.15) is 64.5 Å². The zero-order valence-electron chi connectivity index (χ0n) is 21.2. The van der Waals surface area contributed by atoms with Crippen molar-refractivity contribution in [1.29, 1.82) is 0 Å². The molecule has 0 saturated carbocycles. The number of benzene rings is 2. The van der Waals surface area contributed by atoms with E-state index in [0.717, 1.165) is 48.5 Å². The predicted molar refractivity (Wildman–Crippen MR) is 136 cm³/mol. The van der Waals surface area contributed by atoms with Gasteiger partial charge in [0.2, 0.25) is 17.7 Å². The molecule has 0 aliphatic carbocycles. The Kier molecular flexibility index (Phi) is 6.31. The van der Waals surface area contributed by atoms with Gasteiger partial charge in [-0.25, -0.2) is 9.37 Å². The van der Waals surface area contributed by atoms with Gasteiger partial charge in [-0.2, -0.15) is 0 Å². The highest BCUT2D eigenvalue weighted by Gasteiger charge is 2.39. The van der Waals surface area contributed by atoms with E-state index in [0.29, 0.717) is 36.9 Å². The molecule has 3 amide bonds. The third-order valence-corrected chi connectivity index (χ3v) is 7.96. The van der Waals surface area contributed by atoms with Crippen LogP contribution in [-0.4, -0.2) is 51.6 Å². The SMILES string of the molecule is Cc1oc(-c2ccc(F)cc2)nc1CN1CCC(c2ccc3c(c2)CN(C2CCC(=O)NC2=O)C3=O)CC1. The normalized spacial score (nSPS) is 20.6. The standard InChI is InChI=1S/C29H29FN4O4/c1-17-24(31-28(38-17)19-2-5-22(30)6-3-19)16-33-12-10-18(11-13-33)20-4-7-23-21(14-20)15-34(29(23)37)25-8-9-26(35)32-27(25)36/h2-7,14,18,25H,8-13,15-16H2,1H3,(H,32,35,36). The molecule has 0 bridgehead atoms. The lowest BCUT2D eigenvalue weighted by Crippen LogP contribution is -2.52. The largest absolute Gasteiger partial charge is 0.441 e. The molecular formula is C29H29FN4O4. The minimum absolute atomic E-state index is 0.140. The van der Waals surface area contributed by atoms with Crippen molar-refractivity contribution in [2.45, 2.75) is 57.7 Å². The number of nitrogens with zero attached hydrogens (tertiary/aromatic N) is 3. The van der Waals surface area contributed by atoms with Crippen molar-refractivity contribution in [1.82, 2.24) is 20.1 Å². The number of likely N-dealkylation sites (tertiary alicyclic amines) is 1. The predicted octanol–water partition coefficient (Wildman–Crippen LogP) is 3.93. The van der Waals surface area contributed by atoms with Crippen molar-refractivity contribution in [3.8, 4) is 11.5 Å². The van der Waals surface area contributed by atoms with Crippen LogP contribution in [0.15, 0.2) is 46.9 Å². The highest BCUT2D eigenvalue weighted by Crippen LogP contribution is 2.34. The fourth-order valence-electron chi connectivity index (χ4n) is 5.78. The summed E-state index contributed by atoms with van der Waals surface area (Å²) in [6.45, 7) is 4.84. The van der Waals surface area contributed by atoms with Gasteiger partial charge in [0, 0.05) is 30.6 Å². The van der Waals surface area contributed by atoms with Crippen LogP contribution in [0.2, 0.25) is 0 Å². The number of aromatic nitrogens is 1. The number of nitrogens with one attached hydrogen (secondary N) is 1. The van der Waals surface area contributed by atoms with E-state index in [9.17, 15) is 18.8 Å². The van der Waals surface area contributed by atoms with Crippen LogP contribution >= 0.6 is 0 Å². The first kappa shape index (κ1) is 24.5. The fourth-order valence-corrected chi connectivity index (χ4v) is 5.78. The van der Waals surface area contributed by atoms with Crippen LogP contribution < -0.4 is 5.32 Å². The van der Waals surface area contributed by atoms with Gasteiger partial charge in [0.05, 0.1) is 5.69 Å². The molecule has 0 spiro atoms. The maximum absolute atomic E-state index is 13.3. The number of imide groups is 1. The summed E-state index contributed by atoms with van der Waals surface area (Å²) in [4.78, 5) is 45.4. The average Bonchev–Trinajstić information content (AvgIpc) is 3.44. The van der Waals surface area contributed by atoms with E-state index in [1.807, 2.05) is 19.1 Å². The summed E-state index contributed by atoms with van der Waals surface area (Å²) in [6, 6.07) is 11.6. The third kappa shape index (κ3) is 4.62. The molecule has 0 radical (unpaired) electrons. The molecular weight excluding hydrogens is 487 g/mol. The second-order valence-corrected chi connectivity index (χ2v) is 10.4. The Morgan fingerprint density at radius 2 is 1.82 bits per heavy atom. The van der Waals surface area contributed by atoms with Crippen LogP contribution in [0.5, 0.6) is 0 Å². The maximum Gasteiger partial charge on any atom is 0.255 e.